The van der Waals surface area contributed by atoms with Crippen LogP contribution in [0.25, 0.3) is 0 Å². The quantitative estimate of drug-likeness (QED) is 0.686. The molecule has 0 amide bonds. The van der Waals surface area contributed by atoms with E-state index in [1.165, 1.54) is 25.7 Å². The van der Waals surface area contributed by atoms with E-state index in [9.17, 15) is 9.59 Å². The first-order chi connectivity index (χ1) is 8.54. The topological polar surface area (TPSA) is 74.6 Å². The molecule has 1 aliphatic carbocycles. The molecule has 0 spiro atoms. The van der Waals surface area contributed by atoms with Gasteiger partial charge in [0.15, 0.2) is 5.92 Å². The van der Waals surface area contributed by atoms with Gasteiger partial charge in [-0.1, -0.05) is 45.4 Å². The van der Waals surface area contributed by atoms with Crippen molar-refractivity contribution in [3.63, 3.8) is 0 Å². The molecule has 0 saturated heterocycles. The van der Waals surface area contributed by atoms with Crippen molar-refractivity contribution in [2.75, 3.05) is 0 Å². The van der Waals surface area contributed by atoms with Gasteiger partial charge in [-0.05, 0) is 24.7 Å². The molecule has 0 aromatic carbocycles. The van der Waals surface area contributed by atoms with Crippen molar-refractivity contribution in [1.29, 1.82) is 0 Å². The second-order valence-electron chi connectivity index (χ2n) is 5.48. The molecule has 104 valence electrons. The van der Waals surface area contributed by atoms with Crippen molar-refractivity contribution < 1.29 is 19.8 Å². The van der Waals surface area contributed by atoms with E-state index in [1.54, 1.807) is 0 Å². The molecule has 0 bridgehead atoms. The first-order valence-corrected chi connectivity index (χ1v) is 7.00. The fraction of sp³-hybridized carbons (Fsp3) is 0.857. The van der Waals surface area contributed by atoms with Crippen LogP contribution in [-0.4, -0.2) is 22.2 Å². The predicted octanol–water partition coefficient (Wildman–Crippen LogP) is 3.16. The first-order valence-electron chi connectivity index (χ1n) is 7.00. The molecule has 1 saturated carbocycles. The van der Waals surface area contributed by atoms with Gasteiger partial charge in [-0.15, -0.1) is 0 Å². The monoisotopic (exact) mass is 256 g/mol. The summed E-state index contributed by atoms with van der Waals surface area (Å²) in [5.74, 6) is -2.27. The van der Waals surface area contributed by atoms with E-state index in [-0.39, 0.29) is 6.42 Å². The minimum atomic E-state index is -1.22. The summed E-state index contributed by atoms with van der Waals surface area (Å²) in [7, 11) is 0. The second kappa shape index (κ2) is 7.39. The van der Waals surface area contributed by atoms with Crippen molar-refractivity contribution in [2.24, 2.45) is 17.8 Å². The molecule has 4 heteroatoms. The Morgan fingerprint density at radius 3 is 1.83 bits per heavy atom. The lowest BCUT2D eigenvalue weighted by molar-refractivity contribution is -0.154. The molecule has 0 unspecified atom stereocenters. The summed E-state index contributed by atoms with van der Waals surface area (Å²) in [4.78, 5) is 21.5. The van der Waals surface area contributed by atoms with E-state index in [4.69, 9.17) is 10.2 Å². The van der Waals surface area contributed by atoms with Crippen molar-refractivity contribution in [2.45, 2.75) is 58.3 Å². The van der Waals surface area contributed by atoms with Gasteiger partial charge >= 0.3 is 11.9 Å². The summed E-state index contributed by atoms with van der Waals surface area (Å²) >= 11 is 0. The molecule has 1 aliphatic rings. The normalized spacial score (nSPS) is 24.1. The number of hydrogen-bond donors (Lipinski definition) is 2. The van der Waals surface area contributed by atoms with Gasteiger partial charge in [-0.25, -0.2) is 0 Å². The lowest BCUT2D eigenvalue weighted by atomic mass is 9.77. The summed E-state index contributed by atoms with van der Waals surface area (Å²) in [6.07, 6.45) is 8.25. The maximum atomic E-state index is 10.8. The van der Waals surface area contributed by atoms with Crippen LogP contribution in [-0.2, 0) is 9.59 Å². The summed E-state index contributed by atoms with van der Waals surface area (Å²) in [6.45, 7) is 2.20. The van der Waals surface area contributed by atoms with E-state index < -0.39 is 17.9 Å². The lowest BCUT2D eigenvalue weighted by Gasteiger charge is -2.28. The maximum absolute atomic E-state index is 10.8. The van der Waals surface area contributed by atoms with Gasteiger partial charge in [0.25, 0.3) is 0 Å². The van der Waals surface area contributed by atoms with E-state index in [1.807, 2.05) is 0 Å². The molecule has 2 N–H and O–H groups in total. The number of carboxylic acid groups (broad SMARTS) is 2. The molecule has 0 aromatic heterocycles. The third-order valence-corrected chi connectivity index (χ3v) is 4.12. The summed E-state index contributed by atoms with van der Waals surface area (Å²) in [5.41, 5.74) is 0. The van der Waals surface area contributed by atoms with E-state index in [2.05, 4.69) is 6.92 Å². The van der Waals surface area contributed by atoms with Gasteiger partial charge in [-0.3, -0.25) is 9.59 Å². The third-order valence-electron chi connectivity index (χ3n) is 4.12. The fourth-order valence-corrected chi connectivity index (χ4v) is 2.97. The zero-order valence-electron chi connectivity index (χ0n) is 11.1. The van der Waals surface area contributed by atoms with Crippen molar-refractivity contribution in [3.05, 3.63) is 0 Å². The van der Waals surface area contributed by atoms with Crippen LogP contribution in [0.4, 0.5) is 0 Å². The van der Waals surface area contributed by atoms with Gasteiger partial charge in [0.1, 0.15) is 0 Å². The highest BCUT2D eigenvalue weighted by molar-refractivity contribution is 5.92. The molecular weight excluding hydrogens is 232 g/mol. The van der Waals surface area contributed by atoms with Crippen LogP contribution in [0.15, 0.2) is 0 Å². The Labute approximate surface area is 108 Å². The zero-order chi connectivity index (χ0) is 13.5. The lowest BCUT2D eigenvalue weighted by Crippen LogP contribution is -2.24. The number of carbonyl (C=O) groups is 2. The van der Waals surface area contributed by atoms with Crippen LogP contribution in [0.2, 0.25) is 0 Å². The second-order valence-corrected chi connectivity index (χ2v) is 5.48. The zero-order valence-corrected chi connectivity index (χ0v) is 11.1. The van der Waals surface area contributed by atoms with Gasteiger partial charge in [0, 0.05) is 0 Å². The highest BCUT2D eigenvalue weighted by Crippen LogP contribution is 2.34. The van der Waals surface area contributed by atoms with Crippen molar-refractivity contribution in [3.8, 4) is 0 Å². The van der Waals surface area contributed by atoms with E-state index >= 15 is 0 Å². The average Bonchev–Trinajstić information content (AvgIpc) is 2.31. The fourth-order valence-electron chi connectivity index (χ4n) is 2.97. The van der Waals surface area contributed by atoms with Crippen molar-refractivity contribution >= 4 is 11.9 Å². The molecule has 0 heterocycles. The van der Waals surface area contributed by atoms with Crippen LogP contribution in [0.1, 0.15) is 58.3 Å². The molecule has 0 radical (unpaired) electrons. The van der Waals surface area contributed by atoms with Crippen molar-refractivity contribution in [1.82, 2.24) is 0 Å². The maximum Gasteiger partial charge on any atom is 0.317 e. The summed E-state index contributed by atoms with van der Waals surface area (Å²) in [6, 6.07) is 0. The van der Waals surface area contributed by atoms with E-state index in [0.29, 0.717) is 5.92 Å². The van der Waals surface area contributed by atoms with E-state index in [0.717, 1.165) is 25.2 Å². The average molecular weight is 256 g/mol. The molecule has 0 atom stereocenters. The van der Waals surface area contributed by atoms with Crippen LogP contribution in [0.5, 0.6) is 0 Å². The largest absolute Gasteiger partial charge is 0.481 e. The Kier molecular flexibility index (Phi) is 6.16. The Morgan fingerprint density at radius 1 is 1.00 bits per heavy atom. The molecule has 18 heavy (non-hydrogen) atoms. The van der Waals surface area contributed by atoms with Crippen LogP contribution >= 0.6 is 0 Å². The smallest absolute Gasteiger partial charge is 0.317 e. The molecule has 0 aliphatic heterocycles. The predicted molar refractivity (Wildman–Crippen MR) is 68.4 cm³/mol. The summed E-state index contributed by atoms with van der Waals surface area (Å²) < 4.78 is 0. The highest BCUT2D eigenvalue weighted by atomic mass is 16.4. The number of aliphatic carboxylic acids is 2. The van der Waals surface area contributed by atoms with Gasteiger partial charge in [0.05, 0.1) is 0 Å². The number of rotatable bonds is 7. The number of carboxylic acids is 2. The van der Waals surface area contributed by atoms with Crippen LogP contribution in [0, 0.1) is 17.8 Å². The molecule has 0 aromatic rings. The number of hydrogen-bond acceptors (Lipinski definition) is 2. The third kappa shape index (κ3) is 4.67. The van der Waals surface area contributed by atoms with Gasteiger partial charge < -0.3 is 10.2 Å². The summed E-state index contributed by atoms with van der Waals surface area (Å²) in [5, 5.41) is 17.6. The Morgan fingerprint density at radius 2 is 1.44 bits per heavy atom. The molecule has 1 rings (SSSR count). The highest BCUT2D eigenvalue weighted by Gasteiger charge is 2.28. The Bertz CT molecular complexity index is 266. The molecular formula is C14H24O4. The molecule has 1 fully saturated rings. The minimum Gasteiger partial charge on any atom is -0.481 e. The van der Waals surface area contributed by atoms with Gasteiger partial charge in [-0.2, -0.15) is 0 Å². The van der Waals surface area contributed by atoms with Gasteiger partial charge in [0.2, 0.25) is 0 Å². The molecule has 4 nitrogen and oxygen atoms in total. The van der Waals surface area contributed by atoms with Crippen LogP contribution in [0.3, 0.4) is 0 Å². The Hall–Kier alpha value is -1.06. The Balaban J connectivity index is 2.28. The minimum absolute atomic E-state index is 0.272. The van der Waals surface area contributed by atoms with Crippen LogP contribution < -0.4 is 0 Å². The standard InChI is InChI=1S/C14H24O4/c1-2-3-10-4-6-11(7-5-10)8-9-12(13(15)16)14(17)18/h10-12H,2-9H2,1H3,(H,15,16)(H,17,18). The first kappa shape index (κ1) is 15.0. The SMILES string of the molecule is CCCC1CCC(CCC(C(=O)O)C(=O)O)CC1.